The smallest absolute Gasteiger partial charge is 0.253 e. The number of carbonyl (C=O) groups excluding carboxylic acids is 1. The minimum absolute atomic E-state index is 0.0173. The third-order valence-electron chi connectivity index (χ3n) is 5.49. The number of carbonyl (C=O) groups is 1. The van der Waals surface area contributed by atoms with E-state index in [0.717, 1.165) is 5.56 Å². The number of hydrogen-bond acceptors (Lipinski definition) is 6. The lowest BCUT2D eigenvalue weighted by molar-refractivity contribution is 0.0789. The van der Waals surface area contributed by atoms with E-state index in [1.807, 2.05) is 19.9 Å². The van der Waals surface area contributed by atoms with Crippen LogP contribution in [0, 0.1) is 0 Å². The molecule has 170 valence electrons. The first kappa shape index (κ1) is 22.2. The largest absolute Gasteiger partial charge is 0.461 e. The first-order valence-electron chi connectivity index (χ1n) is 10.6. The number of hydrogen-bond donors (Lipinski definition) is 2. The van der Waals surface area contributed by atoms with Gasteiger partial charge in [0.1, 0.15) is 17.0 Å². The number of nitrogens with zero attached hydrogens (tertiary/aromatic N) is 3. The lowest BCUT2D eigenvalue weighted by Gasteiger charge is -2.26. The van der Waals surface area contributed by atoms with Gasteiger partial charge in [-0.2, -0.15) is 5.10 Å². The molecule has 2 aromatic heterocycles. The Morgan fingerprint density at radius 2 is 2.19 bits per heavy atom. The number of ether oxygens (including phenoxy) is 2. The molecule has 0 radical (unpaired) electrons. The number of aliphatic hydroxyl groups is 1. The van der Waals surface area contributed by atoms with Crippen LogP contribution in [-0.2, 0) is 4.74 Å². The molecule has 3 heterocycles. The lowest BCUT2D eigenvalue weighted by atomic mass is 9.99. The average molecular weight is 442 g/mol. The Bertz CT molecular complexity index is 1120. The number of fused-ring (bicyclic) bond motifs is 1. The SMILES string of the molecule is CC(F)Oc1cccc(-c2nn(C(C)C)c3cc(C(=O)N[C@]4(CO)CCOC4)cnc23)c1. The second-order valence-electron chi connectivity index (χ2n) is 8.36. The summed E-state index contributed by atoms with van der Waals surface area (Å²) in [4.78, 5) is 17.5. The molecule has 0 bridgehead atoms. The van der Waals surface area contributed by atoms with Gasteiger partial charge in [0.05, 0.1) is 29.8 Å². The molecule has 4 rings (SSSR count). The van der Waals surface area contributed by atoms with Crippen molar-refractivity contribution < 1.29 is 23.8 Å². The van der Waals surface area contributed by atoms with Gasteiger partial charge in [0.25, 0.3) is 5.91 Å². The molecule has 1 amide bonds. The van der Waals surface area contributed by atoms with Gasteiger partial charge in [0.2, 0.25) is 6.36 Å². The third kappa shape index (κ3) is 4.31. The van der Waals surface area contributed by atoms with Gasteiger partial charge in [-0.1, -0.05) is 12.1 Å². The standard InChI is InChI=1S/C23H27FN4O4/c1-14(2)28-19-10-17(22(30)26-23(12-29)7-8-31-13-23)11-25-21(19)20(27-28)16-5-4-6-18(9-16)32-15(3)24/h4-6,9-11,14-15,29H,7-8,12-13H2,1-3H3,(H,26,30)/t15?,23-/m0/s1. The normalized spacial score (nSPS) is 19.4. The van der Waals surface area contributed by atoms with E-state index in [1.165, 1.54) is 13.1 Å². The molecule has 3 aromatic rings. The molecule has 2 N–H and O–H groups in total. The van der Waals surface area contributed by atoms with Crippen molar-refractivity contribution in [2.45, 2.75) is 45.1 Å². The number of benzene rings is 1. The van der Waals surface area contributed by atoms with Crippen molar-refractivity contribution in [1.29, 1.82) is 0 Å². The van der Waals surface area contributed by atoms with Gasteiger partial charge in [0.15, 0.2) is 0 Å². The first-order chi connectivity index (χ1) is 15.3. The van der Waals surface area contributed by atoms with E-state index in [1.54, 1.807) is 28.9 Å². The Morgan fingerprint density at radius 1 is 1.38 bits per heavy atom. The first-order valence-corrected chi connectivity index (χ1v) is 10.6. The maximum atomic E-state index is 13.3. The second kappa shape index (κ2) is 8.84. The predicted molar refractivity (Wildman–Crippen MR) is 117 cm³/mol. The van der Waals surface area contributed by atoms with Crippen molar-refractivity contribution in [1.82, 2.24) is 20.1 Å². The highest BCUT2D eigenvalue weighted by Gasteiger charge is 2.36. The fourth-order valence-corrected chi connectivity index (χ4v) is 3.82. The molecule has 8 nitrogen and oxygen atoms in total. The number of aliphatic hydroxyl groups excluding tert-OH is 1. The van der Waals surface area contributed by atoms with E-state index in [2.05, 4.69) is 10.3 Å². The van der Waals surface area contributed by atoms with Crippen LogP contribution in [0.3, 0.4) is 0 Å². The van der Waals surface area contributed by atoms with Crippen molar-refractivity contribution in [3.63, 3.8) is 0 Å². The average Bonchev–Trinajstić information content (AvgIpc) is 3.38. The molecule has 1 fully saturated rings. The van der Waals surface area contributed by atoms with E-state index in [-0.39, 0.29) is 25.2 Å². The fourth-order valence-electron chi connectivity index (χ4n) is 3.82. The van der Waals surface area contributed by atoms with Gasteiger partial charge in [-0.25, -0.2) is 4.39 Å². The molecule has 2 atom stereocenters. The molecule has 1 saturated heterocycles. The quantitative estimate of drug-likeness (QED) is 0.583. The topological polar surface area (TPSA) is 98.5 Å². The minimum atomic E-state index is -1.43. The zero-order valence-corrected chi connectivity index (χ0v) is 18.3. The molecule has 1 aliphatic heterocycles. The molecule has 0 saturated carbocycles. The second-order valence-corrected chi connectivity index (χ2v) is 8.36. The number of aromatic nitrogens is 3. The zero-order valence-electron chi connectivity index (χ0n) is 18.3. The Morgan fingerprint density at radius 3 is 2.84 bits per heavy atom. The van der Waals surface area contributed by atoms with Gasteiger partial charge in [0, 0.05) is 31.3 Å². The van der Waals surface area contributed by atoms with Crippen molar-refractivity contribution >= 4 is 16.9 Å². The van der Waals surface area contributed by atoms with E-state index >= 15 is 0 Å². The van der Waals surface area contributed by atoms with Crippen molar-refractivity contribution in [3.05, 3.63) is 42.1 Å². The molecular weight excluding hydrogens is 415 g/mol. The summed E-state index contributed by atoms with van der Waals surface area (Å²) in [6, 6.07) is 8.79. The third-order valence-corrected chi connectivity index (χ3v) is 5.49. The fraction of sp³-hybridized carbons (Fsp3) is 0.435. The summed E-state index contributed by atoms with van der Waals surface area (Å²) in [5, 5.41) is 17.4. The van der Waals surface area contributed by atoms with E-state index in [9.17, 15) is 14.3 Å². The molecule has 9 heteroatoms. The van der Waals surface area contributed by atoms with Crippen LogP contribution in [0.2, 0.25) is 0 Å². The Hall–Kier alpha value is -3.04. The van der Waals surface area contributed by atoms with E-state index in [4.69, 9.17) is 14.6 Å². The van der Waals surface area contributed by atoms with Crippen molar-refractivity contribution in [2.24, 2.45) is 0 Å². The highest BCUT2D eigenvalue weighted by atomic mass is 19.1. The van der Waals surface area contributed by atoms with Crippen LogP contribution in [-0.4, -0.2) is 57.5 Å². The summed E-state index contributed by atoms with van der Waals surface area (Å²) in [5.41, 5.74) is 2.28. The molecule has 1 unspecified atom stereocenters. The van der Waals surface area contributed by atoms with Gasteiger partial charge in [-0.15, -0.1) is 0 Å². The monoisotopic (exact) mass is 442 g/mol. The summed E-state index contributed by atoms with van der Waals surface area (Å²) in [7, 11) is 0. The Balaban J connectivity index is 1.72. The zero-order chi connectivity index (χ0) is 22.9. The Labute approximate surface area is 185 Å². The van der Waals surface area contributed by atoms with E-state index in [0.29, 0.717) is 41.1 Å². The van der Waals surface area contributed by atoms with Crippen LogP contribution in [0.5, 0.6) is 5.75 Å². The number of halogens is 1. The maximum absolute atomic E-state index is 13.3. The number of amides is 1. The lowest BCUT2D eigenvalue weighted by Crippen LogP contribution is -2.52. The van der Waals surface area contributed by atoms with Gasteiger partial charge in [-0.05, 0) is 38.5 Å². The van der Waals surface area contributed by atoms with Crippen molar-refractivity contribution in [3.8, 4) is 17.0 Å². The molecule has 0 aliphatic carbocycles. The highest BCUT2D eigenvalue weighted by molar-refractivity contribution is 5.99. The molecule has 32 heavy (non-hydrogen) atoms. The number of pyridine rings is 1. The number of alkyl halides is 1. The summed E-state index contributed by atoms with van der Waals surface area (Å²) >= 11 is 0. The number of rotatable bonds is 7. The summed E-state index contributed by atoms with van der Waals surface area (Å²) in [6.07, 6.45) is 0.620. The van der Waals surface area contributed by atoms with E-state index < -0.39 is 11.9 Å². The highest BCUT2D eigenvalue weighted by Crippen LogP contribution is 2.31. The van der Waals surface area contributed by atoms with Gasteiger partial charge < -0.3 is 19.9 Å². The van der Waals surface area contributed by atoms with Gasteiger partial charge >= 0.3 is 0 Å². The molecule has 0 spiro atoms. The Kier molecular flexibility index (Phi) is 6.12. The van der Waals surface area contributed by atoms with Crippen LogP contribution >= 0.6 is 0 Å². The molecular formula is C23H27FN4O4. The van der Waals surface area contributed by atoms with Crippen LogP contribution in [0.4, 0.5) is 4.39 Å². The molecule has 1 aliphatic rings. The summed E-state index contributed by atoms with van der Waals surface area (Å²) < 4.78 is 25.6. The van der Waals surface area contributed by atoms with Crippen LogP contribution < -0.4 is 10.1 Å². The summed E-state index contributed by atoms with van der Waals surface area (Å²) in [5.74, 6) is 0.0677. The van der Waals surface area contributed by atoms with Crippen LogP contribution in [0.15, 0.2) is 36.5 Å². The molecule has 1 aromatic carbocycles. The van der Waals surface area contributed by atoms with Crippen LogP contribution in [0.1, 0.15) is 43.6 Å². The maximum Gasteiger partial charge on any atom is 0.253 e. The predicted octanol–water partition coefficient (Wildman–Crippen LogP) is 3.25. The van der Waals surface area contributed by atoms with Crippen molar-refractivity contribution in [2.75, 3.05) is 19.8 Å². The summed E-state index contributed by atoms with van der Waals surface area (Å²) in [6.45, 7) is 5.87. The van der Waals surface area contributed by atoms with Gasteiger partial charge in [-0.3, -0.25) is 14.5 Å². The van der Waals surface area contributed by atoms with Crippen LogP contribution in [0.25, 0.3) is 22.3 Å². The minimum Gasteiger partial charge on any atom is -0.461 e. The number of nitrogens with one attached hydrogen (secondary N) is 1.